The minimum atomic E-state index is -1.38. The van der Waals surface area contributed by atoms with Crippen LogP contribution in [0.5, 0.6) is 11.5 Å². The lowest BCUT2D eigenvalue weighted by Gasteiger charge is -2.28. The third-order valence-electron chi connectivity index (χ3n) is 7.11. The molecule has 1 aromatic rings. The van der Waals surface area contributed by atoms with E-state index in [4.69, 9.17) is 29.4 Å². The van der Waals surface area contributed by atoms with Gasteiger partial charge in [0.2, 0.25) is 0 Å². The van der Waals surface area contributed by atoms with E-state index in [-0.39, 0.29) is 61.5 Å². The Kier molecular flexibility index (Phi) is 15.8. The van der Waals surface area contributed by atoms with E-state index in [1.807, 2.05) is 41.5 Å². The molecule has 0 bridgehead atoms. The first kappa shape index (κ1) is 35.7. The molecular weight excluding hydrogens is 534 g/mol. The van der Waals surface area contributed by atoms with Crippen LogP contribution in [0.2, 0.25) is 0 Å². The second kappa shape index (κ2) is 18.2. The van der Waals surface area contributed by atoms with Gasteiger partial charge < -0.3 is 34.5 Å². The Morgan fingerprint density at radius 3 is 1.76 bits per heavy atom. The van der Waals surface area contributed by atoms with Crippen LogP contribution in [0.4, 0.5) is 9.59 Å². The number of nitrogens with two attached hydrogens (primary N) is 1. The standard InChI is InChI=1S/C30H47NO10/c1-8-18(4)13-25(32)37-17-21(7)26(27(31)28(33)34)22-11-12-23(40-29(35)38-15-19(5)9-2)24(14-22)41-30(36)39-16-20(6)10-3/h11-12,14,18-21,26-27H,8-10,13,15-17,31H2,1-7H3,(H,33,34)/t18?,19?,20?,21?,26?,27-/m0/s1. The van der Waals surface area contributed by atoms with E-state index < -0.39 is 36.2 Å². The molecule has 1 rings (SSSR count). The van der Waals surface area contributed by atoms with Crippen LogP contribution in [0, 0.1) is 23.7 Å². The molecule has 0 aromatic heterocycles. The van der Waals surface area contributed by atoms with Crippen molar-refractivity contribution in [3.63, 3.8) is 0 Å². The first-order valence-electron chi connectivity index (χ1n) is 14.3. The van der Waals surface area contributed by atoms with Gasteiger partial charge in [-0.05, 0) is 41.4 Å². The lowest BCUT2D eigenvalue weighted by Crippen LogP contribution is -2.40. The summed E-state index contributed by atoms with van der Waals surface area (Å²) in [6.07, 6.45) is 0.638. The van der Waals surface area contributed by atoms with Gasteiger partial charge in [0.15, 0.2) is 11.5 Å². The maximum absolute atomic E-state index is 12.5. The molecule has 0 fully saturated rings. The van der Waals surface area contributed by atoms with E-state index in [1.54, 1.807) is 6.92 Å². The molecule has 6 atom stereocenters. The van der Waals surface area contributed by atoms with Crippen molar-refractivity contribution in [2.75, 3.05) is 19.8 Å². The number of carbonyl (C=O) groups excluding carboxylic acids is 3. The van der Waals surface area contributed by atoms with Crippen LogP contribution in [0.1, 0.15) is 85.6 Å². The highest BCUT2D eigenvalue weighted by Gasteiger charge is 2.33. The lowest BCUT2D eigenvalue weighted by molar-refractivity contribution is -0.146. The van der Waals surface area contributed by atoms with E-state index in [9.17, 15) is 24.3 Å². The number of benzene rings is 1. The van der Waals surface area contributed by atoms with Gasteiger partial charge in [0.1, 0.15) is 6.04 Å². The molecule has 0 saturated carbocycles. The molecule has 0 amide bonds. The molecule has 11 heteroatoms. The van der Waals surface area contributed by atoms with Crippen molar-refractivity contribution in [1.82, 2.24) is 0 Å². The van der Waals surface area contributed by atoms with Gasteiger partial charge >= 0.3 is 24.2 Å². The summed E-state index contributed by atoms with van der Waals surface area (Å²) in [5.74, 6) is -2.97. The van der Waals surface area contributed by atoms with Gasteiger partial charge in [-0.1, -0.05) is 73.8 Å². The Balaban J connectivity index is 3.30. The highest BCUT2D eigenvalue weighted by molar-refractivity contribution is 5.75. The highest BCUT2D eigenvalue weighted by atomic mass is 16.7. The van der Waals surface area contributed by atoms with Crippen molar-refractivity contribution in [2.24, 2.45) is 29.4 Å². The largest absolute Gasteiger partial charge is 0.513 e. The van der Waals surface area contributed by atoms with Crippen molar-refractivity contribution in [1.29, 1.82) is 0 Å². The third kappa shape index (κ3) is 12.8. The maximum Gasteiger partial charge on any atom is 0.513 e. The second-order valence-corrected chi connectivity index (χ2v) is 10.8. The minimum Gasteiger partial charge on any atom is -0.480 e. The van der Waals surface area contributed by atoms with Crippen LogP contribution >= 0.6 is 0 Å². The summed E-state index contributed by atoms with van der Waals surface area (Å²) >= 11 is 0. The monoisotopic (exact) mass is 581 g/mol. The first-order chi connectivity index (χ1) is 19.3. The van der Waals surface area contributed by atoms with Crippen LogP contribution in [0.15, 0.2) is 18.2 Å². The lowest BCUT2D eigenvalue weighted by atomic mass is 9.82. The van der Waals surface area contributed by atoms with Crippen LogP contribution in [0.3, 0.4) is 0 Å². The number of rotatable bonds is 17. The molecular formula is C30H47NO10. The second-order valence-electron chi connectivity index (χ2n) is 10.8. The van der Waals surface area contributed by atoms with Crippen LogP contribution in [0.25, 0.3) is 0 Å². The number of aliphatic carboxylic acids is 1. The number of hydrogen-bond donors (Lipinski definition) is 2. The Morgan fingerprint density at radius 1 is 0.756 bits per heavy atom. The maximum atomic E-state index is 12.5. The predicted octanol–water partition coefficient (Wildman–Crippen LogP) is 5.92. The Bertz CT molecular complexity index is 997. The van der Waals surface area contributed by atoms with Crippen LogP contribution in [-0.4, -0.2) is 55.2 Å². The molecule has 11 nitrogen and oxygen atoms in total. The molecule has 0 spiro atoms. The molecule has 0 aliphatic heterocycles. The Morgan fingerprint density at radius 2 is 1.27 bits per heavy atom. The Labute approximate surface area is 243 Å². The van der Waals surface area contributed by atoms with Gasteiger partial charge in [0.05, 0.1) is 19.8 Å². The number of carbonyl (C=O) groups is 4. The highest BCUT2D eigenvalue weighted by Crippen LogP contribution is 2.36. The van der Waals surface area contributed by atoms with Gasteiger partial charge in [-0.15, -0.1) is 0 Å². The molecule has 232 valence electrons. The number of esters is 1. The zero-order valence-electron chi connectivity index (χ0n) is 25.3. The van der Waals surface area contributed by atoms with Crippen molar-refractivity contribution < 1.29 is 48.0 Å². The number of hydrogen-bond acceptors (Lipinski definition) is 10. The normalized spacial score (nSPS) is 15.4. The number of carboxylic acids is 1. The fourth-order valence-electron chi connectivity index (χ4n) is 3.65. The third-order valence-corrected chi connectivity index (χ3v) is 7.11. The molecule has 0 aliphatic rings. The quantitative estimate of drug-likeness (QED) is 0.128. The fraction of sp³-hybridized carbons (Fsp3) is 0.667. The SMILES string of the molecule is CCC(C)COC(=O)Oc1ccc(C(C(C)COC(=O)CC(C)CC)[C@H](N)C(=O)O)cc1OC(=O)OCC(C)CC. The zero-order valence-corrected chi connectivity index (χ0v) is 25.3. The zero-order chi connectivity index (χ0) is 31.1. The van der Waals surface area contributed by atoms with Gasteiger partial charge in [-0.3, -0.25) is 9.59 Å². The molecule has 41 heavy (non-hydrogen) atoms. The van der Waals surface area contributed by atoms with Crippen LogP contribution in [-0.2, 0) is 23.8 Å². The van der Waals surface area contributed by atoms with Gasteiger partial charge in [0.25, 0.3) is 0 Å². The van der Waals surface area contributed by atoms with Crippen LogP contribution < -0.4 is 15.2 Å². The van der Waals surface area contributed by atoms with E-state index in [1.165, 1.54) is 18.2 Å². The van der Waals surface area contributed by atoms with Gasteiger partial charge in [-0.25, -0.2) is 9.59 Å². The van der Waals surface area contributed by atoms with Crippen molar-refractivity contribution in [3.05, 3.63) is 23.8 Å². The van der Waals surface area contributed by atoms with Gasteiger partial charge in [0, 0.05) is 12.3 Å². The summed E-state index contributed by atoms with van der Waals surface area (Å²) in [5, 5.41) is 9.72. The number of carboxylic acid groups (broad SMARTS) is 1. The average Bonchev–Trinajstić information content (AvgIpc) is 2.94. The van der Waals surface area contributed by atoms with Crippen molar-refractivity contribution >= 4 is 24.2 Å². The van der Waals surface area contributed by atoms with E-state index in [0.29, 0.717) is 5.56 Å². The summed E-state index contributed by atoms with van der Waals surface area (Å²) in [5.41, 5.74) is 6.44. The van der Waals surface area contributed by atoms with Crippen molar-refractivity contribution in [3.8, 4) is 11.5 Å². The smallest absolute Gasteiger partial charge is 0.480 e. The predicted molar refractivity (Wildman–Crippen MR) is 152 cm³/mol. The summed E-state index contributed by atoms with van der Waals surface area (Å²) in [7, 11) is 0. The fourth-order valence-corrected chi connectivity index (χ4v) is 3.65. The average molecular weight is 582 g/mol. The summed E-state index contributed by atoms with van der Waals surface area (Å²) in [6, 6.07) is 2.86. The van der Waals surface area contributed by atoms with E-state index in [0.717, 1.165) is 19.3 Å². The molecule has 3 N–H and O–H groups in total. The summed E-state index contributed by atoms with van der Waals surface area (Å²) in [4.78, 5) is 49.0. The summed E-state index contributed by atoms with van der Waals surface area (Å²) in [6.45, 7) is 13.5. The summed E-state index contributed by atoms with van der Waals surface area (Å²) < 4.78 is 26.4. The number of ether oxygens (including phenoxy) is 5. The van der Waals surface area contributed by atoms with E-state index in [2.05, 4.69) is 0 Å². The van der Waals surface area contributed by atoms with E-state index >= 15 is 0 Å². The molecule has 0 radical (unpaired) electrons. The Hall–Kier alpha value is -3.34. The topological polar surface area (TPSA) is 161 Å². The van der Waals surface area contributed by atoms with Gasteiger partial charge in [-0.2, -0.15) is 0 Å². The van der Waals surface area contributed by atoms with Crippen molar-refractivity contribution in [2.45, 2.75) is 86.1 Å². The molecule has 0 saturated heterocycles. The first-order valence-corrected chi connectivity index (χ1v) is 14.3. The molecule has 1 aromatic carbocycles. The minimum absolute atomic E-state index is 0.0752. The molecule has 0 heterocycles. The molecule has 0 aliphatic carbocycles. The molecule has 5 unspecified atom stereocenters.